The number of aliphatic hydroxyl groups is 1. The van der Waals surface area contributed by atoms with Crippen molar-refractivity contribution in [3.63, 3.8) is 0 Å². The van der Waals surface area contributed by atoms with E-state index in [9.17, 15) is 5.11 Å². The molecule has 18 heavy (non-hydrogen) atoms. The first-order valence-electron chi connectivity index (χ1n) is 5.34. The third-order valence-corrected chi connectivity index (χ3v) is 5.02. The number of aliphatic hydroxyl groups excluding tert-OH is 1. The zero-order valence-electron chi connectivity index (χ0n) is 9.69. The van der Waals surface area contributed by atoms with E-state index in [2.05, 4.69) is 31.9 Å². The quantitative estimate of drug-likeness (QED) is 0.827. The van der Waals surface area contributed by atoms with Gasteiger partial charge in [0.2, 0.25) is 0 Å². The molecule has 0 bridgehead atoms. The molecule has 2 aromatic rings. The molecule has 1 aromatic carbocycles. The summed E-state index contributed by atoms with van der Waals surface area (Å²) in [6.07, 6.45) is 0.0576. The molecule has 0 fully saturated rings. The SMILES string of the molecule is COc1ccc(Br)c(C(O)Cc2cc(Br)cs2)c1. The van der Waals surface area contributed by atoms with Crippen LogP contribution in [0.15, 0.2) is 38.6 Å². The van der Waals surface area contributed by atoms with Crippen LogP contribution in [0, 0.1) is 0 Å². The Bertz CT molecular complexity index is 540. The van der Waals surface area contributed by atoms with Crippen LogP contribution in [0.1, 0.15) is 16.5 Å². The number of benzene rings is 1. The second kappa shape index (κ2) is 6.19. The van der Waals surface area contributed by atoms with Crippen molar-refractivity contribution in [3.8, 4) is 5.75 Å². The lowest BCUT2D eigenvalue weighted by Crippen LogP contribution is -2.02. The fourth-order valence-electron chi connectivity index (χ4n) is 1.67. The van der Waals surface area contributed by atoms with Crippen LogP contribution in [0.4, 0.5) is 0 Å². The molecule has 2 rings (SSSR count). The van der Waals surface area contributed by atoms with E-state index >= 15 is 0 Å². The van der Waals surface area contributed by atoms with E-state index < -0.39 is 6.10 Å². The first-order valence-corrected chi connectivity index (χ1v) is 7.81. The van der Waals surface area contributed by atoms with Crippen molar-refractivity contribution in [3.05, 3.63) is 49.0 Å². The van der Waals surface area contributed by atoms with Crippen molar-refractivity contribution in [2.75, 3.05) is 7.11 Å². The molecule has 0 aliphatic carbocycles. The molecular weight excluding hydrogens is 380 g/mol. The maximum absolute atomic E-state index is 10.3. The highest BCUT2D eigenvalue weighted by Gasteiger charge is 2.14. The molecule has 96 valence electrons. The Kier molecular flexibility index (Phi) is 4.84. The van der Waals surface area contributed by atoms with Gasteiger partial charge in [-0.3, -0.25) is 0 Å². The summed E-state index contributed by atoms with van der Waals surface area (Å²) in [6, 6.07) is 7.64. The van der Waals surface area contributed by atoms with Crippen LogP contribution in [0.5, 0.6) is 5.75 Å². The summed E-state index contributed by atoms with van der Waals surface area (Å²) in [7, 11) is 1.62. The van der Waals surface area contributed by atoms with Crippen molar-refractivity contribution in [2.24, 2.45) is 0 Å². The topological polar surface area (TPSA) is 29.5 Å². The van der Waals surface area contributed by atoms with Crippen LogP contribution in [0.25, 0.3) is 0 Å². The van der Waals surface area contributed by atoms with Crippen LogP contribution < -0.4 is 4.74 Å². The fourth-order valence-corrected chi connectivity index (χ4v) is 3.67. The molecule has 0 radical (unpaired) electrons. The molecule has 1 aromatic heterocycles. The Labute approximate surface area is 127 Å². The minimum Gasteiger partial charge on any atom is -0.497 e. The van der Waals surface area contributed by atoms with Crippen molar-refractivity contribution in [1.82, 2.24) is 0 Å². The molecule has 0 saturated carbocycles. The van der Waals surface area contributed by atoms with Gasteiger partial charge in [-0.15, -0.1) is 11.3 Å². The predicted octanol–water partition coefficient (Wildman–Crippen LogP) is 4.56. The second-order valence-electron chi connectivity index (χ2n) is 3.84. The Morgan fingerprint density at radius 1 is 1.33 bits per heavy atom. The maximum atomic E-state index is 10.3. The number of methoxy groups -OCH3 is 1. The highest BCUT2D eigenvalue weighted by Crippen LogP contribution is 2.31. The van der Waals surface area contributed by atoms with Gasteiger partial charge in [-0.2, -0.15) is 0 Å². The number of ether oxygens (including phenoxy) is 1. The standard InChI is InChI=1S/C13H12Br2O2S/c1-17-9-2-3-12(15)11(5-9)13(16)6-10-4-8(14)7-18-10/h2-5,7,13,16H,6H2,1H3. The molecule has 0 spiro atoms. The maximum Gasteiger partial charge on any atom is 0.119 e. The zero-order valence-corrected chi connectivity index (χ0v) is 13.7. The van der Waals surface area contributed by atoms with E-state index in [0.29, 0.717) is 6.42 Å². The van der Waals surface area contributed by atoms with Gasteiger partial charge in [0.05, 0.1) is 13.2 Å². The Balaban J connectivity index is 2.20. The van der Waals surface area contributed by atoms with Gasteiger partial charge < -0.3 is 9.84 Å². The minimum atomic E-state index is -0.542. The highest BCUT2D eigenvalue weighted by atomic mass is 79.9. The molecule has 2 nitrogen and oxygen atoms in total. The molecular formula is C13H12Br2O2S. The van der Waals surface area contributed by atoms with Gasteiger partial charge in [-0.05, 0) is 45.8 Å². The summed E-state index contributed by atoms with van der Waals surface area (Å²) >= 11 is 8.51. The molecule has 5 heteroatoms. The van der Waals surface area contributed by atoms with E-state index in [1.165, 1.54) is 0 Å². The first-order chi connectivity index (χ1) is 8.60. The van der Waals surface area contributed by atoms with Crippen LogP contribution in [0.2, 0.25) is 0 Å². The Hall–Kier alpha value is -0.360. The average molecular weight is 392 g/mol. The average Bonchev–Trinajstić information content (AvgIpc) is 2.75. The molecule has 0 aliphatic heterocycles. The minimum absolute atomic E-state index is 0.542. The lowest BCUT2D eigenvalue weighted by molar-refractivity contribution is 0.178. The van der Waals surface area contributed by atoms with Crippen LogP contribution in [0.3, 0.4) is 0 Å². The third kappa shape index (κ3) is 3.35. The van der Waals surface area contributed by atoms with Gasteiger partial charge >= 0.3 is 0 Å². The van der Waals surface area contributed by atoms with E-state index in [1.807, 2.05) is 29.6 Å². The molecule has 0 saturated heterocycles. The van der Waals surface area contributed by atoms with Crippen LogP contribution in [-0.2, 0) is 6.42 Å². The third-order valence-electron chi connectivity index (χ3n) is 2.58. The van der Waals surface area contributed by atoms with Gasteiger partial charge in [0.1, 0.15) is 5.75 Å². The van der Waals surface area contributed by atoms with Gasteiger partial charge in [0, 0.05) is 25.6 Å². The van der Waals surface area contributed by atoms with E-state index in [4.69, 9.17) is 4.74 Å². The number of thiophene rings is 1. The van der Waals surface area contributed by atoms with Crippen molar-refractivity contribution >= 4 is 43.2 Å². The highest BCUT2D eigenvalue weighted by molar-refractivity contribution is 9.10. The largest absolute Gasteiger partial charge is 0.497 e. The summed E-state index contributed by atoms with van der Waals surface area (Å²) in [4.78, 5) is 1.14. The second-order valence-corrected chi connectivity index (χ2v) is 6.60. The lowest BCUT2D eigenvalue weighted by Gasteiger charge is -2.13. The molecule has 1 atom stereocenters. The monoisotopic (exact) mass is 390 g/mol. The van der Waals surface area contributed by atoms with Crippen LogP contribution >= 0.6 is 43.2 Å². The summed E-state index contributed by atoms with van der Waals surface area (Å²) in [5, 5.41) is 12.3. The zero-order chi connectivity index (χ0) is 13.1. The molecule has 1 unspecified atom stereocenters. The summed E-state index contributed by atoms with van der Waals surface area (Å²) in [6.45, 7) is 0. The Morgan fingerprint density at radius 2 is 2.11 bits per heavy atom. The molecule has 1 heterocycles. The fraction of sp³-hybridized carbons (Fsp3) is 0.231. The van der Waals surface area contributed by atoms with Gasteiger partial charge in [0.15, 0.2) is 0 Å². The number of rotatable bonds is 4. The molecule has 0 aliphatic rings. The van der Waals surface area contributed by atoms with E-state index in [-0.39, 0.29) is 0 Å². The molecule has 0 amide bonds. The number of halogens is 2. The Morgan fingerprint density at radius 3 is 2.72 bits per heavy atom. The van der Waals surface area contributed by atoms with Crippen LogP contribution in [-0.4, -0.2) is 12.2 Å². The lowest BCUT2D eigenvalue weighted by atomic mass is 10.1. The van der Waals surface area contributed by atoms with Gasteiger partial charge in [0.25, 0.3) is 0 Å². The number of hydrogen-bond acceptors (Lipinski definition) is 3. The van der Waals surface area contributed by atoms with Crippen molar-refractivity contribution in [1.29, 1.82) is 0 Å². The first kappa shape index (κ1) is 14.1. The van der Waals surface area contributed by atoms with E-state index in [0.717, 1.165) is 25.1 Å². The summed E-state index contributed by atoms with van der Waals surface area (Å²) in [5.74, 6) is 0.750. The van der Waals surface area contributed by atoms with Crippen molar-refractivity contribution in [2.45, 2.75) is 12.5 Å². The van der Waals surface area contributed by atoms with Crippen molar-refractivity contribution < 1.29 is 9.84 Å². The number of hydrogen-bond donors (Lipinski definition) is 1. The molecule has 1 N–H and O–H groups in total. The van der Waals surface area contributed by atoms with Gasteiger partial charge in [-0.1, -0.05) is 15.9 Å². The smallest absolute Gasteiger partial charge is 0.119 e. The van der Waals surface area contributed by atoms with E-state index in [1.54, 1.807) is 18.4 Å². The summed E-state index contributed by atoms with van der Waals surface area (Å²) < 4.78 is 7.13. The normalized spacial score (nSPS) is 12.4. The summed E-state index contributed by atoms with van der Waals surface area (Å²) in [5.41, 5.74) is 0.846. The predicted molar refractivity (Wildman–Crippen MR) is 81.4 cm³/mol. The van der Waals surface area contributed by atoms with Gasteiger partial charge in [-0.25, -0.2) is 0 Å².